The van der Waals surface area contributed by atoms with Gasteiger partial charge >= 0.3 is 6.01 Å². The quantitative estimate of drug-likeness (QED) is 0.516. The van der Waals surface area contributed by atoms with E-state index in [-0.39, 0.29) is 6.01 Å². The van der Waals surface area contributed by atoms with Gasteiger partial charge in [0.2, 0.25) is 11.9 Å². The lowest BCUT2D eigenvalue weighted by Crippen LogP contribution is -2.36. The van der Waals surface area contributed by atoms with Crippen molar-refractivity contribution in [2.75, 3.05) is 24.4 Å². The van der Waals surface area contributed by atoms with E-state index in [9.17, 15) is 0 Å². The maximum Gasteiger partial charge on any atom is 0.322 e. The van der Waals surface area contributed by atoms with E-state index in [1.54, 1.807) is 0 Å². The van der Waals surface area contributed by atoms with Crippen molar-refractivity contribution in [3.63, 3.8) is 0 Å². The summed E-state index contributed by atoms with van der Waals surface area (Å²) < 4.78 is 5.00. The molecule has 0 atom stereocenters. The maximum atomic E-state index is 5.30. The largest absolute Gasteiger partial charge is 0.467 e. The van der Waals surface area contributed by atoms with Crippen molar-refractivity contribution >= 4 is 11.9 Å². The number of nitrogens with two attached hydrogens (primary N) is 1. The van der Waals surface area contributed by atoms with Gasteiger partial charge in [0.05, 0.1) is 7.11 Å². The Morgan fingerprint density at radius 3 is 2.50 bits per heavy atom. The number of nitrogens with one attached hydrogen (secondary N) is 2. The summed E-state index contributed by atoms with van der Waals surface area (Å²) in [5.74, 6) is 6.09. The molecule has 1 aliphatic carbocycles. The molecule has 1 aromatic rings. The molecule has 1 heterocycles. The Hall–Kier alpha value is -1.63. The summed E-state index contributed by atoms with van der Waals surface area (Å²) in [6.45, 7) is 3.10. The van der Waals surface area contributed by atoms with Crippen molar-refractivity contribution in [1.82, 2.24) is 15.0 Å². The number of ether oxygens (including phenoxy) is 1. The number of rotatable bonds is 6. The lowest BCUT2D eigenvalue weighted by Gasteiger charge is -2.41. The molecule has 1 saturated carbocycles. The van der Waals surface area contributed by atoms with Crippen LogP contribution in [0.5, 0.6) is 6.01 Å². The van der Waals surface area contributed by atoms with E-state index in [1.807, 2.05) is 0 Å². The lowest BCUT2D eigenvalue weighted by molar-refractivity contribution is 0.144. The molecule has 0 aliphatic heterocycles. The molecule has 4 N–H and O–H groups in total. The number of methoxy groups -OCH3 is 1. The Balaban J connectivity index is 2.04. The van der Waals surface area contributed by atoms with Crippen LogP contribution in [0.25, 0.3) is 0 Å². The van der Waals surface area contributed by atoms with Crippen LogP contribution in [0.4, 0.5) is 11.9 Å². The monoisotopic (exact) mass is 252 g/mol. The van der Waals surface area contributed by atoms with Crippen LogP contribution in [0.1, 0.15) is 32.6 Å². The summed E-state index contributed by atoms with van der Waals surface area (Å²) in [7, 11) is 1.51. The third-order valence-corrected chi connectivity index (χ3v) is 3.71. The molecule has 0 spiro atoms. The zero-order valence-corrected chi connectivity index (χ0v) is 10.9. The van der Waals surface area contributed by atoms with Gasteiger partial charge in [-0.25, -0.2) is 5.84 Å². The first-order valence-electron chi connectivity index (χ1n) is 6.22. The van der Waals surface area contributed by atoms with E-state index in [4.69, 9.17) is 10.6 Å². The Bertz CT molecular complexity index is 379. The van der Waals surface area contributed by atoms with E-state index in [0.717, 1.165) is 6.54 Å². The first-order valence-corrected chi connectivity index (χ1v) is 6.22. The summed E-state index contributed by atoms with van der Waals surface area (Å²) in [5.41, 5.74) is 2.80. The van der Waals surface area contributed by atoms with E-state index < -0.39 is 0 Å². The van der Waals surface area contributed by atoms with Crippen molar-refractivity contribution in [2.45, 2.75) is 32.6 Å². The molecule has 7 heteroatoms. The van der Waals surface area contributed by atoms with Gasteiger partial charge in [0, 0.05) is 6.54 Å². The van der Waals surface area contributed by atoms with Crippen LogP contribution >= 0.6 is 0 Å². The van der Waals surface area contributed by atoms with Crippen LogP contribution in [0.2, 0.25) is 0 Å². The van der Waals surface area contributed by atoms with Crippen LogP contribution in [0.3, 0.4) is 0 Å². The Morgan fingerprint density at radius 2 is 2.00 bits per heavy atom. The van der Waals surface area contributed by atoms with Gasteiger partial charge in [0.1, 0.15) is 0 Å². The fraction of sp³-hybridized carbons (Fsp3) is 0.727. The van der Waals surface area contributed by atoms with Gasteiger partial charge in [-0.05, 0) is 24.7 Å². The Morgan fingerprint density at radius 1 is 1.28 bits per heavy atom. The third-order valence-electron chi connectivity index (χ3n) is 3.71. The zero-order valence-electron chi connectivity index (χ0n) is 10.9. The molecule has 7 nitrogen and oxygen atoms in total. The average molecular weight is 252 g/mol. The number of nitrogens with zero attached hydrogens (tertiary/aromatic N) is 3. The van der Waals surface area contributed by atoms with E-state index >= 15 is 0 Å². The molecule has 0 aromatic carbocycles. The fourth-order valence-corrected chi connectivity index (χ4v) is 2.19. The van der Waals surface area contributed by atoms with Crippen molar-refractivity contribution in [3.05, 3.63) is 0 Å². The maximum absolute atomic E-state index is 5.30. The Kier molecular flexibility index (Phi) is 3.81. The summed E-state index contributed by atoms with van der Waals surface area (Å²) in [6.07, 6.45) is 5.01. The van der Waals surface area contributed by atoms with Gasteiger partial charge in [0.15, 0.2) is 0 Å². The number of hydrogen-bond acceptors (Lipinski definition) is 7. The molecular formula is C11H20N6O. The molecule has 0 radical (unpaired) electrons. The van der Waals surface area contributed by atoms with Crippen LogP contribution in [0, 0.1) is 5.41 Å². The van der Waals surface area contributed by atoms with Gasteiger partial charge in [0.25, 0.3) is 0 Å². The predicted molar refractivity (Wildman–Crippen MR) is 69.3 cm³/mol. The zero-order chi connectivity index (χ0) is 13.0. The van der Waals surface area contributed by atoms with Gasteiger partial charge in [-0.2, -0.15) is 15.0 Å². The van der Waals surface area contributed by atoms with Crippen LogP contribution in [0.15, 0.2) is 0 Å². The first-order chi connectivity index (χ1) is 8.71. The SMILES string of the molecule is CCC1(CNc2nc(NN)nc(OC)n2)CCC1. The van der Waals surface area contributed by atoms with Gasteiger partial charge < -0.3 is 10.1 Å². The van der Waals surface area contributed by atoms with Crippen molar-refractivity contribution < 1.29 is 4.74 Å². The van der Waals surface area contributed by atoms with Gasteiger partial charge in [-0.3, -0.25) is 5.43 Å². The predicted octanol–water partition coefficient (Wildman–Crippen LogP) is 1.16. The molecule has 1 aromatic heterocycles. The number of aromatic nitrogens is 3. The summed E-state index contributed by atoms with van der Waals surface area (Å²) in [5, 5.41) is 3.25. The molecule has 1 fully saturated rings. The highest BCUT2D eigenvalue weighted by Gasteiger charge is 2.34. The third kappa shape index (κ3) is 2.61. The minimum Gasteiger partial charge on any atom is -0.467 e. The van der Waals surface area contributed by atoms with Crippen molar-refractivity contribution in [3.8, 4) is 6.01 Å². The number of nitrogen functional groups attached to an aromatic ring is 1. The number of anilines is 2. The second-order valence-corrected chi connectivity index (χ2v) is 4.67. The molecule has 0 unspecified atom stereocenters. The van der Waals surface area contributed by atoms with Crippen LogP contribution in [-0.4, -0.2) is 28.6 Å². The molecule has 0 bridgehead atoms. The fourth-order valence-electron chi connectivity index (χ4n) is 2.19. The minimum absolute atomic E-state index is 0.250. The average Bonchev–Trinajstić information content (AvgIpc) is 2.37. The smallest absolute Gasteiger partial charge is 0.322 e. The second-order valence-electron chi connectivity index (χ2n) is 4.67. The number of hydrazine groups is 1. The normalized spacial score (nSPS) is 16.8. The molecule has 2 rings (SSSR count). The van der Waals surface area contributed by atoms with Crippen molar-refractivity contribution in [2.24, 2.45) is 11.3 Å². The highest BCUT2D eigenvalue weighted by molar-refractivity contribution is 5.35. The summed E-state index contributed by atoms with van der Waals surface area (Å²) >= 11 is 0. The van der Waals surface area contributed by atoms with E-state index in [0.29, 0.717) is 17.3 Å². The van der Waals surface area contributed by atoms with Crippen LogP contribution < -0.4 is 21.3 Å². The lowest BCUT2D eigenvalue weighted by atomic mass is 9.67. The standard InChI is InChI=1S/C11H20N6O/c1-3-11(5-4-6-11)7-13-8-14-9(17-12)16-10(15-8)18-2/h3-7,12H2,1-2H3,(H2,13,14,15,16,17). The Labute approximate surface area is 107 Å². The molecule has 18 heavy (non-hydrogen) atoms. The van der Waals surface area contributed by atoms with Gasteiger partial charge in [-0.1, -0.05) is 13.3 Å². The van der Waals surface area contributed by atoms with E-state index in [1.165, 1.54) is 32.8 Å². The highest BCUT2D eigenvalue weighted by Crippen LogP contribution is 2.43. The van der Waals surface area contributed by atoms with Crippen LogP contribution in [-0.2, 0) is 0 Å². The molecule has 100 valence electrons. The molecule has 1 aliphatic rings. The highest BCUT2D eigenvalue weighted by atomic mass is 16.5. The topological polar surface area (TPSA) is 98.0 Å². The molecule has 0 saturated heterocycles. The first kappa shape index (κ1) is 12.8. The summed E-state index contributed by atoms with van der Waals surface area (Å²) in [4.78, 5) is 12.2. The minimum atomic E-state index is 0.250. The molecular weight excluding hydrogens is 232 g/mol. The van der Waals surface area contributed by atoms with Crippen molar-refractivity contribution in [1.29, 1.82) is 0 Å². The summed E-state index contributed by atoms with van der Waals surface area (Å²) in [6, 6.07) is 0.250. The van der Waals surface area contributed by atoms with Gasteiger partial charge in [-0.15, -0.1) is 0 Å². The van der Waals surface area contributed by atoms with E-state index in [2.05, 4.69) is 32.6 Å². The second kappa shape index (κ2) is 5.34. The molecule has 0 amide bonds. The number of hydrogen-bond donors (Lipinski definition) is 3.